The van der Waals surface area contributed by atoms with E-state index in [0.717, 1.165) is 18.4 Å². The molecule has 1 aromatic rings. The largest absolute Gasteiger partial charge is 0.494 e. The number of nitrogens with zero attached hydrogens (tertiary/aromatic N) is 1. The first kappa shape index (κ1) is 12.9. The zero-order valence-electron chi connectivity index (χ0n) is 12.1. The molecule has 0 N–H and O–H groups in total. The Kier molecular flexibility index (Phi) is 2.84. The van der Waals surface area contributed by atoms with Gasteiger partial charge in [0.1, 0.15) is 0 Å². The van der Waals surface area contributed by atoms with Crippen molar-refractivity contribution in [3.8, 4) is 0 Å². The number of aliphatic imine (C=N–C) groups is 1. The lowest BCUT2D eigenvalue weighted by molar-refractivity contribution is 0.00578. The molecule has 0 unspecified atom stereocenters. The third-order valence-electron chi connectivity index (χ3n) is 4.44. The molecule has 4 heteroatoms. The molecule has 100 valence electrons. The quantitative estimate of drug-likeness (QED) is 0.720. The maximum absolute atomic E-state index is 6.07. The molecule has 1 saturated heterocycles. The van der Waals surface area contributed by atoms with Gasteiger partial charge in [0.2, 0.25) is 0 Å². The highest BCUT2D eigenvalue weighted by Crippen LogP contribution is 2.36. The molecule has 1 aromatic carbocycles. The van der Waals surface area contributed by atoms with Crippen molar-refractivity contribution in [3.05, 3.63) is 29.3 Å². The summed E-state index contributed by atoms with van der Waals surface area (Å²) in [7, 11) is -0.286. The van der Waals surface area contributed by atoms with Gasteiger partial charge in [-0.3, -0.25) is 4.99 Å². The van der Waals surface area contributed by atoms with Crippen molar-refractivity contribution in [1.82, 2.24) is 0 Å². The lowest BCUT2D eigenvalue weighted by atomic mass is 9.77. The van der Waals surface area contributed by atoms with Crippen LogP contribution in [-0.2, 0) is 15.7 Å². The molecule has 3 nitrogen and oxygen atoms in total. The SMILES string of the molecule is CC1(C)OB(c2ccc3c(c2)C=NCC3)OC1(C)C. The Balaban J connectivity index is 1.91. The van der Waals surface area contributed by atoms with Crippen LogP contribution in [0.3, 0.4) is 0 Å². The summed E-state index contributed by atoms with van der Waals surface area (Å²) in [6.07, 6.45) is 2.98. The van der Waals surface area contributed by atoms with Crippen LogP contribution in [0.2, 0.25) is 0 Å². The molecule has 0 amide bonds. The maximum atomic E-state index is 6.07. The van der Waals surface area contributed by atoms with Gasteiger partial charge in [-0.1, -0.05) is 18.2 Å². The van der Waals surface area contributed by atoms with Gasteiger partial charge < -0.3 is 9.31 Å². The van der Waals surface area contributed by atoms with Crippen molar-refractivity contribution in [2.45, 2.75) is 45.3 Å². The fourth-order valence-electron chi connectivity index (χ4n) is 2.43. The molecular weight excluding hydrogens is 237 g/mol. The summed E-state index contributed by atoms with van der Waals surface area (Å²) in [5.74, 6) is 0. The van der Waals surface area contributed by atoms with E-state index in [2.05, 4.69) is 50.9 Å². The highest BCUT2D eigenvalue weighted by atomic mass is 16.7. The van der Waals surface area contributed by atoms with E-state index in [9.17, 15) is 0 Å². The first-order valence-corrected chi connectivity index (χ1v) is 6.87. The number of hydrogen-bond acceptors (Lipinski definition) is 3. The summed E-state index contributed by atoms with van der Waals surface area (Å²) in [5.41, 5.74) is 3.04. The van der Waals surface area contributed by atoms with Crippen LogP contribution in [0.1, 0.15) is 38.8 Å². The molecule has 0 bridgehead atoms. The number of hydrogen-bond donors (Lipinski definition) is 0. The van der Waals surface area contributed by atoms with Crippen LogP contribution in [0.4, 0.5) is 0 Å². The van der Waals surface area contributed by atoms with Gasteiger partial charge in [0.25, 0.3) is 0 Å². The van der Waals surface area contributed by atoms with Gasteiger partial charge in [0, 0.05) is 12.8 Å². The van der Waals surface area contributed by atoms with Crippen LogP contribution < -0.4 is 5.46 Å². The molecular formula is C15H20BNO2. The minimum absolute atomic E-state index is 0.286. The molecule has 2 heterocycles. The summed E-state index contributed by atoms with van der Waals surface area (Å²) < 4.78 is 12.1. The van der Waals surface area contributed by atoms with Crippen LogP contribution in [0.5, 0.6) is 0 Å². The van der Waals surface area contributed by atoms with Crippen LogP contribution in [0.25, 0.3) is 0 Å². The Morgan fingerprint density at radius 3 is 2.47 bits per heavy atom. The van der Waals surface area contributed by atoms with Gasteiger partial charge in [-0.15, -0.1) is 0 Å². The van der Waals surface area contributed by atoms with Crippen molar-refractivity contribution < 1.29 is 9.31 Å². The zero-order chi connectivity index (χ0) is 13.7. The Morgan fingerprint density at radius 1 is 1.11 bits per heavy atom. The number of rotatable bonds is 1. The average Bonchev–Trinajstić information content (AvgIpc) is 2.58. The van der Waals surface area contributed by atoms with E-state index in [4.69, 9.17) is 9.31 Å². The second kappa shape index (κ2) is 4.19. The van der Waals surface area contributed by atoms with Crippen molar-refractivity contribution in [3.63, 3.8) is 0 Å². The summed E-state index contributed by atoms with van der Waals surface area (Å²) in [5, 5.41) is 0. The summed E-state index contributed by atoms with van der Waals surface area (Å²) in [4.78, 5) is 4.34. The minimum Gasteiger partial charge on any atom is -0.399 e. The smallest absolute Gasteiger partial charge is 0.399 e. The van der Waals surface area contributed by atoms with Crippen LogP contribution in [-0.4, -0.2) is 31.1 Å². The summed E-state index contributed by atoms with van der Waals surface area (Å²) in [6, 6.07) is 6.42. The van der Waals surface area contributed by atoms with Gasteiger partial charge in [0.15, 0.2) is 0 Å². The first-order valence-electron chi connectivity index (χ1n) is 6.87. The van der Waals surface area contributed by atoms with E-state index in [1.165, 1.54) is 11.1 Å². The van der Waals surface area contributed by atoms with Gasteiger partial charge in [0.05, 0.1) is 11.2 Å². The lowest BCUT2D eigenvalue weighted by Gasteiger charge is -2.32. The Hall–Kier alpha value is -1.13. The minimum atomic E-state index is -0.290. The van der Waals surface area contributed by atoms with Crippen LogP contribution >= 0.6 is 0 Å². The van der Waals surface area contributed by atoms with E-state index >= 15 is 0 Å². The van der Waals surface area contributed by atoms with Gasteiger partial charge in [-0.05, 0) is 50.7 Å². The second-order valence-corrected chi connectivity index (χ2v) is 6.33. The monoisotopic (exact) mass is 257 g/mol. The van der Waals surface area contributed by atoms with Gasteiger partial charge >= 0.3 is 7.12 Å². The highest BCUT2D eigenvalue weighted by Gasteiger charge is 2.51. The van der Waals surface area contributed by atoms with Crippen LogP contribution in [0.15, 0.2) is 23.2 Å². The molecule has 0 saturated carbocycles. The van der Waals surface area contributed by atoms with E-state index in [1.54, 1.807) is 0 Å². The van der Waals surface area contributed by atoms with Gasteiger partial charge in [-0.25, -0.2) is 0 Å². The van der Waals surface area contributed by atoms with Crippen molar-refractivity contribution in [2.24, 2.45) is 4.99 Å². The second-order valence-electron chi connectivity index (χ2n) is 6.33. The molecule has 0 aliphatic carbocycles. The molecule has 1 fully saturated rings. The topological polar surface area (TPSA) is 30.8 Å². The highest BCUT2D eigenvalue weighted by molar-refractivity contribution is 6.62. The summed E-state index contributed by atoms with van der Waals surface area (Å²) >= 11 is 0. The molecule has 3 rings (SSSR count). The standard InChI is InChI=1S/C15H20BNO2/c1-14(2)15(3,4)19-16(18-14)13-6-5-11-7-8-17-10-12(11)9-13/h5-6,9-10H,7-8H2,1-4H3. The molecule has 0 spiro atoms. The van der Waals surface area contributed by atoms with E-state index in [1.807, 2.05) is 6.21 Å². The van der Waals surface area contributed by atoms with E-state index in [-0.39, 0.29) is 18.3 Å². The average molecular weight is 257 g/mol. The fraction of sp³-hybridized carbons (Fsp3) is 0.533. The van der Waals surface area contributed by atoms with E-state index in [0.29, 0.717) is 0 Å². The number of fused-ring (bicyclic) bond motifs is 1. The maximum Gasteiger partial charge on any atom is 0.494 e. The first-order chi connectivity index (χ1) is 8.89. The molecule has 0 aromatic heterocycles. The normalized spacial score (nSPS) is 23.5. The van der Waals surface area contributed by atoms with Crippen LogP contribution in [0, 0.1) is 0 Å². The predicted octanol–water partition coefficient (Wildman–Crippen LogP) is 1.96. The molecule has 2 aliphatic heterocycles. The van der Waals surface area contributed by atoms with Crippen molar-refractivity contribution >= 4 is 18.8 Å². The Morgan fingerprint density at radius 2 is 1.79 bits per heavy atom. The fourth-order valence-corrected chi connectivity index (χ4v) is 2.43. The molecule has 0 radical (unpaired) electrons. The number of benzene rings is 1. The summed E-state index contributed by atoms with van der Waals surface area (Å²) in [6.45, 7) is 9.20. The lowest BCUT2D eigenvalue weighted by Crippen LogP contribution is -2.41. The van der Waals surface area contributed by atoms with Crippen molar-refractivity contribution in [2.75, 3.05) is 6.54 Å². The molecule has 0 atom stereocenters. The molecule has 19 heavy (non-hydrogen) atoms. The Bertz CT molecular complexity index is 521. The zero-order valence-corrected chi connectivity index (χ0v) is 12.1. The Labute approximate surface area is 115 Å². The van der Waals surface area contributed by atoms with Gasteiger partial charge in [-0.2, -0.15) is 0 Å². The third kappa shape index (κ3) is 2.13. The van der Waals surface area contributed by atoms with E-state index < -0.39 is 0 Å². The third-order valence-corrected chi connectivity index (χ3v) is 4.44. The molecule has 2 aliphatic rings. The van der Waals surface area contributed by atoms with Crippen molar-refractivity contribution in [1.29, 1.82) is 0 Å². The predicted molar refractivity (Wildman–Crippen MR) is 78.3 cm³/mol.